The lowest BCUT2D eigenvalue weighted by Gasteiger charge is -2.30. The van der Waals surface area contributed by atoms with Gasteiger partial charge in [0.1, 0.15) is 5.82 Å². The molecule has 1 fully saturated rings. The highest BCUT2D eigenvalue weighted by molar-refractivity contribution is 9.10. The Hall–Kier alpha value is -0.700. The number of nitrogens with zero attached hydrogens (tertiary/aromatic N) is 2. The van der Waals surface area contributed by atoms with Crippen LogP contribution < -0.4 is 10.5 Å². The van der Waals surface area contributed by atoms with Crippen LogP contribution in [-0.4, -0.2) is 37.3 Å². The molecule has 0 radical (unpaired) electrons. The first-order chi connectivity index (χ1) is 9.42. The van der Waals surface area contributed by atoms with Gasteiger partial charge in [-0.25, -0.2) is 4.98 Å². The number of halogens is 1. The molecule has 2 heterocycles. The fraction of sp³-hybridized carbons (Fsp3) is 0.583. The van der Waals surface area contributed by atoms with Crippen LogP contribution in [0.2, 0.25) is 0 Å². The van der Waals surface area contributed by atoms with Crippen molar-refractivity contribution in [3.8, 4) is 0 Å². The minimum Gasteiger partial charge on any atom is -0.330 e. The van der Waals surface area contributed by atoms with Gasteiger partial charge in [-0.05, 0) is 59.8 Å². The lowest BCUT2D eigenvalue weighted by atomic mass is 9.99. The number of aryl methyl sites for hydroxylation is 1. The normalized spacial score (nSPS) is 18.1. The van der Waals surface area contributed by atoms with Crippen molar-refractivity contribution in [1.82, 2.24) is 9.29 Å². The van der Waals surface area contributed by atoms with E-state index in [2.05, 4.69) is 25.6 Å². The zero-order chi connectivity index (χ0) is 14.8. The second kappa shape index (κ2) is 6.38. The minimum atomic E-state index is -3.53. The van der Waals surface area contributed by atoms with Crippen molar-refractivity contribution in [2.24, 2.45) is 11.7 Å². The van der Waals surface area contributed by atoms with Crippen molar-refractivity contribution < 1.29 is 8.42 Å². The van der Waals surface area contributed by atoms with Crippen LogP contribution in [0.3, 0.4) is 0 Å². The van der Waals surface area contributed by atoms with Gasteiger partial charge in [-0.2, -0.15) is 12.7 Å². The molecule has 112 valence electrons. The van der Waals surface area contributed by atoms with Crippen molar-refractivity contribution >= 4 is 32.0 Å². The second-order valence-corrected chi connectivity index (χ2v) is 7.53. The zero-order valence-electron chi connectivity index (χ0n) is 11.3. The lowest BCUT2D eigenvalue weighted by Crippen LogP contribution is -2.42. The van der Waals surface area contributed by atoms with Crippen molar-refractivity contribution in [2.45, 2.75) is 19.8 Å². The third-order valence-corrected chi connectivity index (χ3v) is 5.87. The molecule has 0 spiro atoms. The molecule has 1 aliphatic heterocycles. The molecule has 2 rings (SSSR count). The average molecular weight is 363 g/mol. The fourth-order valence-corrected chi connectivity index (χ4v) is 3.59. The average Bonchev–Trinajstić information content (AvgIpc) is 2.43. The van der Waals surface area contributed by atoms with Crippen LogP contribution in [0.5, 0.6) is 0 Å². The predicted molar refractivity (Wildman–Crippen MR) is 82.6 cm³/mol. The summed E-state index contributed by atoms with van der Waals surface area (Å²) in [4.78, 5) is 4.07. The number of rotatable bonds is 4. The SMILES string of the molecule is Cc1cc(NS(=O)(=O)N2CCC(CN)CC2)ncc1Br. The zero-order valence-corrected chi connectivity index (χ0v) is 13.7. The van der Waals surface area contributed by atoms with E-state index in [1.54, 1.807) is 12.3 Å². The predicted octanol–water partition coefficient (Wildman–Crippen LogP) is 1.48. The Balaban J connectivity index is 2.05. The van der Waals surface area contributed by atoms with Crippen LogP contribution in [0.25, 0.3) is 0 Å². The molecule has 1 aliphatic rings. The van der Waals surface area contributed by atoms with Crippen LogP contribution in [0.4, 0.5) is 5.82 Å². The number of aromatic nitrogens is 1. The van der Waals surface area contributed by atoms with E-state index in [-0.39, 0.29) is 0 Å². The number of pyridine rings is 1. The van der Waals surface area contributed by atoms with Crippen molar-refractivity contribution in [1.29, 1.82) is 0 Å². The second-order valence-electron chi connectivity index (χ2n) is 5.00. The molecule has 1 saturated heterocycles. The topological polar surface area (TPSA) is 88.3 Å². The number of anilines is 1. The summed E-state index contributed by atoms with van der Waals surface area (Å²) in [6.45, 7) is 3.52. The standard InChI is InChI=1S/C12H19BrN4O2S/c1-9-6-12(15-8-11(9)13)16-20(18,19)17-4-2-10(7-14)3-5-17/h6,8,10H,2-5,7,14H2,1H3,(H,15,16). The summed E-state index contributed by atoms with van der Waals surface area (Å²) in [7, 11) is -3.53. The van der Waals surface area contributed by atoms with Gasteiger partial charge in [0.15, 0.2) is 0 Å². The summed E-state index contributed by atoms with van der Waals surface area (Å²) >= 11 is 3.34. The summed E-state index contributed by atoms with van der Waals surface area (Å²) in [6, 6.07) is 1.70. The van der Waals surface area contributed by atoms with E-state index in [1.165, 1.54) is 4.31 Å². The van der Waals surface area contributed by atoms with Crippen LogP contribution in [0.1, 0.15) is 18.4 Å². The molecule has 3 N–H and O–H groups in total. The van der Waals surface area contributed by atoms with Crippen LogP contribution in [0, 0.1) is 12.8 Å². The summed E-state index contributed by atoms with van der Waals surface area (Å²) in [6.07, 6.45) is 3.21. The highest BCUT2D eigenvalue weighted by Crippen LogP contribution is 2.21. The Morgan fingerprint density at radius 2 is 2.15 bits per heavy atom. The summed E-state index contributed by atoms with van der Waals surface area (Å²) < 4.78 is 29.4. The minimum absolute atomic E-state index is 0.339. The molecular formula is C12H19BrN4O2S. The molecule has 20 heavy (non-hydrogen) atoms. The third kappa shape index (κ3) is 3.69. The maximum absolute atomic E-state index is 12.3. The van der Waals surface area contributed by atoms with Crippen molar-refractivity contribution in [2.75, 3.05) is 24.4 Å². The number of hydrogen-bond donors (Lipinski definition) is 2. The fourth-order valence-electron chi connectivity index (χ4n) is 2.18. The van der Waals surface area contributed by atoms with Gasteiger partial charge in [0.05, 0.1) is 0 Å². The number of hydrogen-bond acceptors (Lipinski definition) is 4. The van der Waals surface area contributed by atoms with Gasteiger partial charge in [-0.15, -0.1) is 0 Å². The van der Waals surface area contributed by atoms with Gasteiger partial charge in [0.2, 0.25) is 0 Å². The van der Waals surface area contributed by atoms with E-state index >= 15 is 0 Å². The molecule has 8 heteroatoms. The summed E-state index contributed by atoms with van der Waals surface area (Å²) in [5.74, 6) is 0.765. The number of piperidine rings is 1. The van der Waals surface area contributed by atoms with Crippen LogP contribution in [-0.2, 0) is 10.2 Å². The highest BCUT2D eigenvalue weighted by Gasteiger charge is 2.27. The van der Waals surface area contributed by atoms with E-state index in [0.29, 0.717) is 31.4 Å². The van der Waals surface area contributed by atoms with E-state index < -0.39 is 10.2 Å². The van der Waals surface area contributed by atoms with E-state index in [0.717, 1.165) is 22.9 Å². The summed E-state index contributed by atoms with van der Waals surface area (Å²) in [5.41, 5.74) is 6.54. The van der Waals surface area contributed by atoms with Gasteiger partial charge >= 0.3 is 10.2 Å². The van der Waals surface area contributed by atoms with E-state index in [1.807, 2.05) is 6.92 Å². The molecule has 6 nitrogen and oxygen atoms in total. The maximum atomic E-state index is 12.3. The number of nitrogens with two attached hydrogens (primary N) is 1. The highest BCUT2D eigenvalue weighted by atomic mass is 79.9. The van der Waals surface area contributed by atoms with Gasteiger partial charge in [-0.1, -0.05) is 0 Å². The monoisotopic (exact) mass is 362 g/mol. The summed E-state index contributed by atoms with van der Waals surface area (Å²) in [5, 5.41) is 0. The van der Waals surface area contributed by atoms with Gasteiger partial charge in [-0.3, -0.25) is 4.72 Å². The molecule has 0 bridgehead atoms. The quantitative estimate of drug-likeness (QED) is 0.848. The molecule has 0 unspecified atom stereocenters. The van der Waals surface area contributed by atoms with Gasteiger partial charge in [0, 0.05) is 23.8 Å². The molecule has 1 aromatic rings. The molecule has 0 atom stereocenters. The van der Waals surface area contributed by atoms with E-state index in [9.17, 15) is 8.42 Å². The number of nitrogens with one attached hydrogen (secondary N) is 1. The largest absolute Gasteiger partial charge is 0.330 e. The lowest BCUT2D eigenvalue weighted by molar-refractivity contribution is 0.280. The van der Waals surface area contributed by atoms with Crippen molar-refractivity contribution in [3.05, 3.63) is 22.3 Å². The molecule has 0 aromatic carbocycles. The molecule has 0 aliphatic carbocycles. The van der Waals surface area contributed by atoms with Gasteiger partial charge < -0.3 is 5.73 Å². The van der Waals surface area contributed by atoms with E-state index in [4.69, 9.17) is 5.73 Å². The molecule has 0 amide bonds. The van der Waals surface area contributed by atoms with Crippen LogP contribution >= 0.6 is 15.9 Å². The first-order valence-electron chi connectivity index (χ1n) is 6.52. The third-order valence-electron chi connectivity index (χ3n) is 3.53. The molecule has 0 saturated carbocycles. The Bertz CT molecular complexity index is 571. The Kier molecular flexibility index (Phi) is 5.00. The van der Waals surface area contributed by atoms with Crippen LogP contribution in [0.15, 0.2) is 16.7 Å². The smallest absolute Gasteiger partial charge is 0.302 e. The first kappa shape index (κ1) is 15.7. The van der Waals surface area contributed by atoms with Gasteiger partial charge in [0.25, 0.3) is 0 Å². The Morgan fingerprint density at radius 3 is 2.70 bits per heavy atom. The molecule has 1 aromatic heterocycles. The Labute approximate surface area is 128 Å². The first-order valence-corrected chi connectivity index (χ1v) is 8.76. The molecular weight excluding hydrogens is 344 g/mol. The Morgan fingerprint density at radius 1 is 1.50 bits per heavy atom. The maximum Gasteiger partial charge on any atom is 0.302 e. The van der Waals surface area contributed by atoms with Crippen molar-refractivity contribution in [3.63, 3.8) is 0 Å².